The van der Waals surface area contributed by atoms with E-state index in [9.17, 15) is 0 Å². The van der Waals surface area contributed by atoms with E-state index in [0.29, 0.717) is 13.2 Å². The highest BCUT2D eigenvalue weighted by molar-refractivity contribution is 4.64. The van der Waals surface area contributed by atoms with E-state index in [1.165, 1.54) is 154 Å². The molecule has 0 saturated carbocycles. The van der Waals surface area contributed by atoms with Crippen LogP contribution in [0.4, 0.5) is 0 Å². The number of nitrogens with one attached hydrogen (secondary N) is 4. The van der Waals surface area contributed by atoms with Crippen LogP contribution in [0.15, 0.2) is 0 Å². The lowest BCUT2D eigenvalue weighted by Crippen LogP contribution is -2.35. The molecule has 0 heterocycles. The van der Waals surface area contributed by atoms with Crippen LogP contribution in [0, 0.1) is 0 Å². The third-order valence-corrected chi connectivity index (χ3v) is 10.6. The van der Waals surface area contributed by atoms with Crippen LogP contribution in [0.5, 0.6) is 0 Å². The first kappa shape index (κ1) is 54.7. The lowest BCUT2D eigenvalue weighted by atomic mass is 10.1. The van der Waals surface area contributed by atoms with E-state index in [1.54, 1.807) is 0 Å². The molecular weight excluding hydrogens is 685 g/mol. The summed E-state index contributed by atoms with van der Waals surface area (Å²) >= 11 is 0. The maximum Gasteiger partial charge on any atom is 0.0932 e. The Morgan fingerprint density at radius 2 is 0.582 bits per heavy atom. The van der Waals surface area contributed by atoms with Gasteiger partial charge in [-0.2, -0.15) is 0 Å². The Hall–Kier alpha value is -0.320. The molecule has 0 spiro atoms. The highest BCUT2D eigenvalue weighted by Crippen LogP contribution is 2.13. The Bertz CT molecular complexity index is 623. The van der Waals surface area contributed by atoms with E-state index in [-0.39, 0.29) is 12.2 Å². The molecule has 0 saturated heterocycles. The van der Waals surface area contributed by atoms with Gasteiger partial charge in [0.05, 0.1) is 25.4 Å². The zero-order chi connectivity index (χ0) is 39.8. The SMILES string of the molecule is CCCCCCCCCCCCCCOCC(CNCCCNCCCNCCCNCC(COCCCCCCCCCCCCCC)OCC)OCC. The Labute approximate surface area is 344 Å². The topological polar surface area (TPSA) is 85.0 Å². The molecule has 0 radical (unpaired) electrons. The van der Waals surface area contributed by atoms with E-state index in [0.717, 1.165) is 98.0 Å². The van der Waals surface area contributed by atoms with E-state index >= 15 is 0 Å². The zero-order valence-corrected chi connectivity index (χ0v) is 37.8. The number of hydrogen-bond donors (Lipinski definition) is 4. The van der Waals surface area contributed by atoms with Crippen molar-refractivity contribution in [1.29, 1.82) is 0 Å². The molecule has 0 aromatic carbocycles. The van der Waals surface area contributed by atoms with Crippen LogP contribution in [0.2, 0.25) is 0 Å². The summed E-state index contributed by atoms with van der Waals surface area (Å²) in [4.78, 5) is 0. The van der Waals surface area contributed by atoms with Gasteiger partial charge in [0, 0.05) is 39.5 Å². The van der Waals surface area contributed by atoms with Gasteiger partial charge in [-0.05, 0) is 85.2 Å². The molecular formula is C47H100N4O4. The smallest absolute Gasteiger partial charge is 0.0932 e. The molecule has 0 fully saturated rings. The van der Waals surface area contributed by atoms with Gasteiger partial charge < -0.3 is 40.2 Å². The predicted octanol–water partition coefficient (Wildman–Crippen LogP) is 10.8. The average molecular weight is 785 g/mol. The van der Waals surface area contributed by atoms with Gasteiger partial charge in [-0.25, -0.2) is 0 Å². The fourth-order valence-electron chi connectivity index (χ4n) is 7.11. The first-order valence-electron chi connectivity index (χ1n) is 24.5. The first-order chi connectivity index (χ1) is 27.3. The van der Waals surface area contributed by atoms with Crippen LogP contribution in [-0.4, -0.2) is 104 Å². The van der Waals surface area contributed by atoms with Crippen molar-refractivity contribution in [2.24, 2.45) is 0 Å². The standard InChI is InChI=1S/C47H100N4O4/c1-5-9-11-13-15-17-19-21-23-25-27-29-40-52-44-46(54-7-3)42-50-38-32-36-48-34-31-35-49-37-33-39-51-43-47(55-8-4)45-53-41-30-28-26-24-22-20-18-16-14-12-10-6-2/h46-51H,5-45H2,1-4H3. The lowest BCUT2D eigenvalue weighted by molar-refractivity contribution is -0.0113. The third-order valence-electron chi connectivity index (χ3n) is 10.6. The highest BCUT2D eigenvalue weighted by atomic mass is 16.5. The van der Waals surface area contributed by atoms with Gasteiger partial charge in [-0.3, -0.25) is 0 Å². The van der Waals surface area contributed by atoms with E-state index < -0.39 is 0 Å². The average Bonchev–Trinajstić information content (AvgIpc) is 3.19. The molecule has 4 N–H and O–H groups in total. The van der Waals surface area contributed by atoms with Crippen molar-refractivity contribution in [3.8, 4) is 0 Å². The molecule has 0 amide bonds. The van der Waals surface area contributed by atoms with Crippen molar-refractivity contribution in [2.75, 3.05) is 92.0 Å². The molecule has 0 aliphatic carbocycles. The molecule has 8 heteroatoms. The van der Waals surface area contributed by atoms with Crippen molar-refractivity contribution >= 4 is 0 Å². The highest BCUT2D eigenvalue weighted by Gasteiger charge is 2.09. The molecule has 0 rings (SSSR count). The molecule has 8 nitrogen and oxygen atoms in total. The predicted molar refractivity (Wildman–Crippen MR) is 240 cm³/mol. The van der Waals surface area contributed by atoms with E-state index in [4.69, 9.17) is 18.9 Å². The molecule has 332 valence electrons. The Balaban J connectivity index is 3.49. The fourth-order valence-corrected chi connectivity index (χ4v) is 7.11. The molecule has 0 aliphatic heterocycles. The third kappa shape index (κ3) is 46.2. The molecule has 2 unspecified atom stereocenters. The second-order valence-electron chi connectivity index (χ2n) is 16.1. The lowest BCUT2D eigenvalue weighted by Gasteiger charge is -2.18. The maximum atomic E-state index is 5.97. The maximum absolute atomic E-state index is 5.97. The number of unbranched alkanes of at least 4 members (excludes halogenated alkanes) is 22. The summed E-state index contributed by atoms with van der Waals surface area (Å²) in [6.07, 6.45) is 36.8. The van der Waals surface area contributed by atoms with Gasteiger partial charge in [0.1, 0.15) is 0 Å². The monoisotopic (exact) mass is 785 g/mol. The van der Waals surface area contributed by atoms with Crippen LogP contribution in [0.25, 0.3) is 0 Å². The Morgan fingerprint density at radius 3 is 0.873 bits per heavy atom. The van der Waals surface area contributed by atoms with Crippen LogP contribution in [0.3, 0.4) is 0 Å². The summed E-state index contributed by atoms with van der Waals surface area (Å²) in [6.45, 7) is 21.3. The van der Waals surface area contributed by atoms with Crippen molar-refractivity contribution in [2.45, 2.75) is 213 Å². The minimum absolute atomic E-state index is 0.149. The van der Waals surface area contributed by atoms with Gasteiger partial charge in [-0.1, -0.05) is 155 Å². The van der Waals surface area contributed by atoms with Gasteiger partial charge >= 0.3 is 0 Å². The van der Waals surface area contributed by atoms with Gasteiger partial charge in [0.25, 0.3) is 0 Å². The number of ether oxygens (including phenoxy) is 4. The number of rotatable bonds is 50. The van der Waals surface area contributed by atoms with Crippen molar-refractivity contribution in [3.63, 3.8) is 0 Å². The summed E-state index contributed by atoms with van der Waals surface area (Å²) in [5, 5.41) is 14.3. The molecule has 0 aromatic heterocycles. The second kappa shape index (κ2) is 49.8. The van der Waals surface area contributed by atoms with E-state index in [2.05, 4.69) is 49.0 Å². The molecule has 2 atom stereocenters. The minimum Gasteiger partial charge on any atom is -0.379 e. The molecule has 0 aliphatic rings. The van der Waals surface area contributed by atoms with Crippen LogP contribution in [-0.2, 0) is 18.9 Å². The van der Waals surface area contributed by atoms with Crippen LogP contribution in [0.1, 0.15) is 201 Å². The minimum atomic E-state index is 0.149. The zero-order valence-electron chi connectivity index (χ0n) is 37.8. The largest absolute Gasteiger partial charge is 0.379 e. The quantitative estimate of drug-likeness (QED) is 0.0454. The van der Waals surface area contributed by atoms with Crippen LogP contribution >= 0.6 is 0 Å². The van der Waals surface area contributed by atoms with Crippen molar-refractivity contribution in [1.82, 2.24) is 21.3 Å². The summed E-state index contributed by atoms with van der Waals surface area (Å²) in [6, 6.07) is 0. The van der Waals surface area contributed by atoms with Gasteiger partial charge in [0.15, 0.2) is 0 Å². The Morgan fingerprint density at radius 1 is 0.309 bits per heavy atom. The van der Waals surface area contributed by atoms with Crippen LogP contribution < -0.4 is 21.3 Å². The molecule has 0 bridgehead atoms. The summed E-state index contributed by atoms with van der Waals surface area (Å²) in [5.74, 6) is 0. The summed E-state index contributed by atoms with van der Waals surface area (Å²) in [7, 11) is 0. The Kier molecular flexibility index (Phi) is 49.5. The second-order valence-corrected chi connectivity index (χ2v) is 16.1. The van der Waals surface area contributed by atoms with Crippen molar-refractivity contribution in [3.05, 3.63) is 0 Å². The van der Waals surface area contributed by atoms with Crippen molar-refractivity contribution < 1.29 is 18.9 Å². The van der Waals surface area contributed by atoms with Gasteiger partial charge in [-0.15, -0.1) is 0 Å². The number of hydrogen-bond acceptors (Lipinski definition) is 8. The summed E-state index contributed by atoms with van der Waals surface area (Å²) < 4.78 is 23.8. The molecule has 0 aromatic rings. The molecule has 55 heavy (non-hydrogen) atoms. The summed E-state index contributed by atoms with van der Waals surface area (Å²) in [5.41, 5.74) is 0. The van der Waals surface area contributed by atoms with E-state index in [1.807, 2.05) is 0 Å². The fraction of sp³-hybridized carbons (Fsp3) is 1.00. The first-order valence-corrected chi connectivity index (χ1v) is 24.5. The normalized spacial score (nSPS) is 12.9. The van der Waals surface area contributed by atoms with Gasteiger partial charge in [0.2, 0.25) is 0 Å².